The highest BCUT2D eigenvalue weighted by atomic mass is 32.2. The van der Waals surface area contributed by atoms with Gasteiger partial charge in [0.1, 0.15) is 0 Å². The Kier molecular flexibility index (Phi) is 4.79. The van der Waals surface area contributed by atoms with Gasteiger partial charge < -0.3 is 5.11 Å². The Morgan fingerprint density at radius 2 is 1.85 bits per heavy atom. The van der Waals surface area contributed by atoms with Crippen molar-refractivity contribution in [3.63, 3.8) is 0 Å². The molecule has 0 unspecified atom stereocenters. The fourth-order valence-electron chi connectivity index (χ4n) is 4.85. The van der Waals surface area contributed by atoms with Gasteiger partial charge in [-0.25, -0.2) is 13.3 Å². The average Bonchev–Trinajstić information content (AvgIpc) is 2.56. The highest BCUT2D eigenvalue weighted by molar-refractivity contribution is 7.95. The van der Waals surface area contributed by atoms with Crippen LogP contribution in [0.1, 0.15) is 57.9 Å². The summed E-state index contributed by atoms with van der Waals surface area (Å²) in [6.07, 6.45) is 4.72. The van der Waals surface area contributed by atoms with E-state index in [1.165, 1.54) is 0 Å². The van der Waals surface area contributed by atoms with Gasteiger partial charge in [0.15, 0.2) is 0 Å². The summed E-state index contributed by atoms with van der Waals surface area (Å²) in [6.45, 7) is 13.5. The third kappa shape index (κ3) is 3.21. The van der Waals surface area contributed by atoms with Gasteiger partial charge in [0, 0.05) is 0 Å². The van der Waals surface area contributed by atoms with Crippen LogP contribution >= 0.6 is 0 Å². The largest absolute Gasteiger partial charge is 0.390 e. The zero-order chi connectivity index (χ0) is 19.2. The van der Waals surface area contributed by atoms with Crippen LogP contribution in [0.25, 0.3) is 4.85 Å². The number of aliphatic hydroxyl groups is 1. The van der Waals surface area contributed by atoms with Crippen LogP contribution in [0, 0.1) is 24.8 Å². The van der Waals surface area contributed by atoms with E-state index in [4.69, 9.17) is 6.57 Å². The lowest BCUT2D eigenvalue weighted by atomic mass is 9.54. The summed E-state index contributed by atoms with van der Waals surface area (Å²) in [7, 11) is -3.82. The Morgan fingerprint density at radius 3 is 2.46 bits per heavy atom. The number of allylic oxidation sites excluding steroid dienone is 1. The molecule has 0 radical (unpaired) electrons. The number of hydrogen-bond donors (Lipinski definition) is 1. The number of rotatable bonds is 2. The zero-order valence-electron chi connectivity index (χ0n) is 15.7. The van der Waals surface area contributed by atoms with Crippen LogP contribution in [0.4, 0.5) is 0 Å². The lowest BCUT2D eigenvalue weighted by Crippen LogP contribution is -2.50. The van der Waals surface area contributed by atoms with E-state index in [-0.39, 0.29) is 21.3 Å². The van der Waals surface area contributed by atoms with Gasteiger partial charge >= 0.3 is 0 Å². The second-order valence-corrected chi connectivity index (χ2v) is 10.3. The van der Waals surface area contributed by atoms with E-state index in [9.17, 15) is 13.5 Å². The Labute approximate surface area is 156 Å². The van der Waals surface area contributed by atoms with Crippen molar-refractivity contribution >= 4 is 9.84 Å². The first kappa shape index (κ1) is 19.1. The van der Waals surface area contributed by atoms with Gasteiger partial charge in [-0.2, -0.15) is 0 Å². The smallest absolute Gasteiger partial charge is 0.282 e. The van der Waals surface area contributed by atoms with Gasteiger partial charge in [-0.3, -0.25) is 0 Å². The lowest BCUT2D eigenvalue weighted by molar-refractivity contribution is -0.105. The molecule has 4 nitrogen and oxygen atoms in total. The summed E-state index contributed by atoms with van der Waals surface area (Å²) in [6, 6.07) is 6.65. The molecule has 5 heteroatoms. The van der Waals surface area contributed by atoms with Crippen molar-refractivity contribution in [2.75, 3.05) is 0 Å². The summed E-state index contributed by atoms with van der Waals surface area (Å²) in [5, 5.41) is 10.8. The summed E-state index contributed by atoms with van der Waals surface area (Å²) < 4.78 is 26.1. The second kappa shape index (κ2) is 6.51. The molecule has 2 fully saturated rings. The molecule has 140 valence electrons. The van der Waals surface area contributed by atoms with E-state index in [1.807, 2.05) is 13.8 Å². The summed E-state index contributed by atoms with van der Waals surface area (Å²) in [5.41, 5.74) is 0.878. The number of fused-ring (bicyclic) bond motifs is 1. The summed E-state index contributed by atoms with van der Waals surface area (Å²) >= 11 is 0. The minimum atomic E-state index is -3.82. The fourth-order valence-corrected chi connectivity index (χ4v) is 6.26. The monoisotopic (exact) mass is 373 g/mol. The number of nitrogens with zero attached hydrogens (tertiary/aromatic N) is 1. The van der Waals surface area contributed by atoms with E-state index < -0.39 is 15.4 Å². The highest BCUT2D eigenvalue weighted by Crippen LogP contribution is 2.56. The van der Waals surface area contributed by atoms with Gasteiger partial charge in [0.05, 0.1) is 17.1 Å². The molecule has 0 bridgehead atoms. The Balaban J connectivity index is 2.03. The van der Waals surface area contributed by atoms with Gasteiger partial charge in [0.25, 0.3) is 5.03 Å². The van der Waals surface area contributed by atoms with Crippen molar-refractivity contribution in [1.29, 1.82) is 0 Å². The Hall–Kier alpha value is -1.64. The molecule has 2 saturated carbocycles. The van der Waals surface area contributed by atoms with Crippen LogP contribution in [-0.4, -0.2) is 19.1 Å². The molecule has 3 rings (SSSR count). The molecule has 3 atom stereocenters. The minimum Gasteiger partial charge on any atom is -0.390 e. The van der Waals surface area contributed by atoms with E-state index in [1.54, 1.807) is 24.3 Å². The molecular formula is C21H27NO3S. The normalized spacial score (nSPS) is 33.9. The van der Waals surface area contributed by atoms with E-state index in [0.717, 1.165) is 31.2 Å². The number of benzene rings is 1. The molecule has 2 aliphatic carbocycles. The van der Waals surface area contributed by atoms with Gasteiger partial charge in [-0.15, -0.1) is 0 Å². The van der Waals surface area contributed by atoms with Crippen LogP contribution in [0.5, 0.6) is 0 Å². The molecule has 0 saturated heterocycles. The van der Waals surface area contributed by atoms with E-state index in [0.29, 0.717) is 18.4 Å². The maximum absolute atomic E-state index is 13.0. The molecule has 0 amide bonds. The van der Waals surface area contributed by atoms with Gasteiger partial charge in [-0.1, -0.05) is 36.6 Å². The van der Waals surface area contributed by atoms with Crippen molar-refractivity contribution in [3.05, 3.63) is 51.8 Å². The van der Waals surface area contributed by atoms with Crippen LogP contribution in [-0.2, 0) is 9.84 Å². The molecule has 0 heterocycles. The molecule has 1 aromatic carbocycles. The van der Waals surface area contributed by atoms with Crippen LogP contribution in [0.3, 0.4) is 0 Å². The molecule has 1 aromatic rings. The van der Waals surface area contributed by atoms with Crippen molar-refractivity contribution in [1.82, 2.24) is 0 Å². The SMILES string of the molecule is [C-]#[N+]/C(=C1/CC[C@]2(C)CCC[C@@](C)(O)[C@H]2C1)S(=O)(=O)c1ccc(C)cc1. The highest BCUT2D eigenvalue weighted by Gasteiger charge is 2.50. The average molecular weight is 374 g/mol. The lowest BCUT2D eigenvalue weighted by Gasteiger charge is -2.53. The van der Waals surface area contributed by atoms with Gasteiger partial charge in [0.2, 0.25) is 9.84 Å². The first-order chi connectivity index (χ1) is 12.1. The van der Waals surface area contributed by atoms with Crippen molar-refractivity contribution in [3.8, 4) is 0 Å². The van der Waals surface area contributed by atoms with Crippen LogP contribution in [0.2, 0.25) is 0 Å². The number of sulfone groups is 1. The number of hydrogen-bond acceptors (Lipinski definition) is 3. The topological polar surface area (TPSA) is 58.7 Å². The van der Waals surface area contributed by atoms with Crippen LogP contribution < -0.4 is 0 Å². The predicted molar refractivity (Wildman–Crippen MR) is 102 cm³/mol. The zero-order valence-corrected chi connectivity index (χ0v) is 16.6. The maximum Gasteiger partial charge on any atom is 0.282 e. The summed E-state index contributed by atoms with van der Waals surface area (Å²) in [4.78, 5) is 3.62. The molecule has 0 aliphatic heterocycles. The van der Waals surface area contributed by atoms with Crippen molar-refractivity contribution in [2.24, 2.45) is 11.3 Å². The minimum absolute atomic E-state index is 0.00234. The van der Waals surface area contributed by atoms with Crippen molar-refractivity contribution in [2.45, 2.75) is 69.8 Å². The molecule has 0 aromatic heterocycles. The molecule has 0 spiro atoms. The summed E-state index contributed by atoms with van der Waals surface area (Å²) in [5.74, 6) is -0.00234. The molecule has 1 N–H and O–H groups in total. The van der Waals surface area contributed by atoms with Gasteiger partial charge in [-0.05, 0) is 69.4 Å². The number of aryl methyl sites for hydroxylation is 1. The Morgan fingerprint density at radius 1 is 1.19 bits per heavy atom. The third-order valence-corrected chi connectivity index (χ3v) is 8.24. The quantitative estimate of drug-likeness (QED) is 0.768. The molecular weight excluding hydrogens is 346 g/mol. The third-order valence-electron chi connectivity index (χ3n) is 6.46. The predicted octanol–water partition coefficient (Wildman–Crippen LogP) is 4.64. The molecule has 2 aliphatic rings. The molecule has 26 heavy (non-hydrogen) atoms. The van der Waals surface area contributed by atoms with Crippen LogP contribution in [0.15, 0.2) is 39.8 Å². The first-order valence-electron chi connectivity index (χ1n) is 9.24. The second-order valence-electron chi connectivity index (χ2n) is 8.46. The standard InChI is InChI=1S/C21H27NO3S/c1-15-6-8-17(9-7-15)26(24,25)19(22-4)16-10-13-20(2)11-5-12-21(3,23)18(20)14-16/h6-9,18,23H,5,10-14H2,1-3H3/b19-16+/t18-,20-,21+/m0/s1. The maximum atomic E-state index is 13.0. The fraction of sp³-hybridized carbons (Fsp3) is 0.571. The van der Waals surface area contributed by atoms with Crippen molar-refractivity contribution < 1.29 is 13.5 Å². The van der Waals surface area contributed by atoms with E-state index >= 15 is 0 Å². The Bertz CT molecular complexity index is 875. The first-order valence-corrected chi connectivity index (χ1v) is 10.7. The van der Waals surface area contributed by atoms with E-state index in [2.05, 4.69) is 11.8 Å².